The van der Waals surface area contributed by atoms with Gasteiger partial charge in [0.1, 0.15) is 0 Å². The highest BCUT2D eigenvalue weighted by atomic mass is 16.7. The van der Waals surface area contributed by atoms with E-state index in [1.807, 2.05) is 30.9 Å². The van der Waals surface area contributed by atoms with E-state index >= 15 is 0 Å². The Kier molecular flexibility index (Phi) is 4.28. The summed E-state index contributed by atoms with van der Waals surface area (Å²) in [5.41, 5.74) is 0.413. The van der Waals surface area contributed by atoms with E-state index in [1.54, 1.807) is 0 Å². The summed E-state index contributed by atoms with van der Waals surface area (Å²) in [5, 5.41) is 7.64. The average Bonchev–Trinajstić information content (AvgIpc) is 2.84. The molecule has 2 fully saturated rings. The van der Waals surface area contributed by atoms with Crippen LogP contribution >= 0.6 is 0 Å². The molecule has 1 N–H and O–H groups in total. The molecule has 0 aromatic carbocycles. The van der Waals surface area contributed by atoms with Crippen LogP contribution in [0.1, 0.15) is 47.6 Å². The lowest BCUT2D eigenvalue weighted by Gasteiger charge is -2.32. The molecule has 0 saturated carbocycles. The minimum Gasteiger partial charge on any atom is -0.399 e. The van der Waals surface area contributed by atoms with Gasteiger partial charge in [0.2, 0.25) is 0 Å². The molecule has 2 saturated heterocycles. The Morgan fingerprint density at radius 2 is 1.75 bits per heavy atom. The SMILES string of the molecule is CC.CC1(C)OB(c2cnn(C3CNC3)c2)OC1(C)C. The molecule has 1 aromatic rings. The Balaban J connectivity index is 0.000000704. The molecule has 2 aliphatic heterocycles. The third-order valence-corrected chi connectivity index (χ3v) is 4.28. The van der Waals surface area contributed by atoms with Crippen LogP contribution in [0.5, 0.6) is 0 Å². The minimum absolute atomic E-state index is 0.294. The van der Waals surface area contributed by atoms with Gasteiger partial charge in [0.05, 0.1) is 17.2 Å². The maximum atomic E-state index is 6.00. The van der Waals surface area contributed by atoms with Crippen molar-refractivity contribution in [1.82, 2.24) is 15.1 Å². The fourth-order valence-corrected chi connectivity index (χ4v) is 2.11. The van der Waals surface area contributed by atoms with Crippen LogP contribution in [0.4, 0.5) is 0 Å². The first-order chi connectivity index (χ1) is 9.39. The molecule has 0 spiro atoms. The Morgan fingerprint density at radius 3 is 2.20 bits per heavy atom. The maximum absolute atomic E-state index is 6.00. The molecule has 0 atom stereocenters. The first kappa shape index (κ1) is 15.5. The third-order valence-electron chi connectivity index (χ3n) is 4.28. The van der Waals surface area contributed by atoms with Crippen LogP contribution in [0.2, 0.25) is 0 Å². The van der Waals surface area contributed by atoms with Gasteiger partial charge in [0.15, 0.2) is 0 Å². The molecular weight excluding hydrogens is 253 g/mol. The van der Waals surface area contributed by atoms with Crippen molar-refractivity contribution in [2.75, 3.05) is 13.1 Å². The van der Waals surface area contributed by atoms with Crippen molar-refractivity contribution in [3.8, 4) is 0 Å². The lowest BCUT2D eigenvalue weighted by Crippen LogP contribution is -2.44. The molecule has 3 rings (SSSR count). The summed E-state index contributed by atoms with van der Waals surface area (Å²) in [6, 6.07) is 0.473. The molecule has 0 bridgehead atoms. The van der Waals surface area contributed by atoms with Crippen molar-refractivity contribution in [3.63, 3.8) is 0 Å². The van der Waals surface area contributed by atoms with E-state index in [2.05, 4.69) is 38.1 Å². The average molecular weight is 279 g/mol. The summed E-state index contributed by atoms with van der Waals surface area (Å²) in [6.45, 7) is 14.2. The zero-order valence-corrected chi connectivity index (χ0v) is 13.4. The lowest BCUT2D eigenvalue weighted by atomic mass is 9.82. The number of rotatable bonds is 2. The van der Waals surface area contributed by atoms with Gasteiger partial charge in [0, 0.05) is 30.9 Å². The predicted molar refractivity (Wildman–Crippen MR) is 81.2 cm³/mol. The van der Waals surface area contributed by atoms with Gasteiger partial charge in [-0.2, -0.15) is 5.10 Å². The van der Waals surface area contributed by atoms with Crippen LogP contribution in [0.25, 0.3) is 0 Å². The second-order valence-corrected chi connectivity index (χ2v) is 6.15. The van der Waals surface area contributed by atoms with Gasteiger partial charge < -0.3 is 14.6 Å². The first-order valence-corrected chi connectivity index (χ1v) is 7.49. The Morgan fingerprint density at radius 1 is 1.20 bits per heavy atom. The van der Waals surface area contributed by atoms with E-state index in [0.717, 1.165) is 18.6 Å². The lowest BCUT2D eigenvalue weighted by molar-refractivity contribution is 0.00578. The predicted octanol–water partition coefficient (Wildman–Crippen LogP) is 1.35. The Hall–Kier alpha value is -0.845. The maximum Gasteiger partial charge on any atom is 0.498 e. The van der Waals surface area contributed by atoms with Gasteiger partial charge in [-0.15, -0.1) is 0 Å². The summed E-state index contributed by atoms with van der Waals surface area (Å²) < 4.78 is 14.0. The molecule has 20 heavy (non-hydrogen) atoms. The third kappa shape index (κ3) is 2.64. The van der Waals surface area contributed by atoms with Crippen LogP contribution in [-0.2, 0) is 9.31 Å². The molecular formula is C14H26BN3O2. The van der Waals surface area contributed by atoms with Crippen molar-refractivity contribution >= 4 is 12.6 Å². The Labute approximate surface area is 122 Å². The molecule has 0 amide bonds. The molecule has 3 heterocycles. The zero-order chi connectivity index (χ0) is 15.0. The van der Waals surface area contributed by atoms with E-state index in [-0.39, 0.29) is 18.3 Å². The van der Waals surface area contributed by atoms with Gasteiger partial charge in [0.25, 0.3) is 0 Å². The summed E-state index contributed by atoms with van der Waals surface area (Å²) in [7, 11) is -0.309. The molecule has 112 valence electrons. The van der Waals surface area contributed by atoms with E-state index < -0.39 is 0 Å². The van der Waals surface area contributed by atoms with E-state index in [0.29, 0.717) is 6.04 Å². The van der Waals surface area contributed by atoms with Crippen LogP contribution in [0, 0.1) is 0 Å². The van der Waals surface area contributed by atoms with Crippen LogP contribution in [0.15, 0.2) is 12.4 Å². The monoisotopic (exact) mass is 279 g/mol. The summed E-state index contributed by atoms with van der Waals surface area (Å²) in [5.74, 6) is 0. The number of aromatic nitrogens is 2. The first-order valence-electron chi connectivity index (χ1n) is 7.49. The standard InChI is InChI=1S/C12H20BN3O2.C2H6/c1-11(2)12(3,4)18-13(17-11)9-5-15-16(8-9)10-6-14-7-10;1-2/h5,8,10,14H,6-7H2,1-4H3;1-2H3. The van der Waals surface area contributed by atoms with Gasteiger partial charge >= 0.3 is 7.12 Å². The summed E-state index contributed by atoms with van der Waals surface area (Å²) >= 11 is 0. The molecule has 0 unspecified atom stereocenters. The van der Waals surface area contributed by atoms with Crippen molar-refractivity contribution in [2.45, 2.75) is 58.8 Å². The summed E-state index contributed by atoms with van der Waals surface area (Å²) in [4.78, 5) is 0. The summed E-state index contributed by atoms with van der Waals surface area (Å²) in [6.07, 6.45) is 3.88. The van der Waals surface area contributed by atoms with E-state index in [9.17, 15) is 0 Å². The number of nitrogens with zero attached hydrogens (tertiary/aromatic N) is 2. The number of hydrogen-bond acceptors (Lipinski definition) is 4. The van der Waals surface area contributed by atoms with E-state index in [1.165, 1.54) is 0 Å². The molecule has 0 radical (unpaired) electrons. The smallest absolute Gasteiger partial charge is 0.399 e. The second kappa shape index (κ2) is 5.50. The molecule has 1 aromatic heterocycles. The number of hydrogen-bond donors (Lipinski definition) is 1. The van der Waals surface area contributed by atoms with Crippen LogP contribution in [-0.4, -0.2) is 41.2 Å². The van der Waals surface area contributed by atoms with Gasteiger partial charge in [-0.1, -0.05) is 13.8 Å². The quantitative estimate of drug-likeness (QED) is 0.830. The van der Waals surface area contributed by atoms with Crippen molar-refractivity contribution < 1.29 is 9.31 Å². The van der Waals surface area contributed by atoms with Crippen molar-refractivity contribution in [1.29, 1.82) is 0 Å². The van der Waals surface area contributed by atoms with Gasteiger partial charge in [-0.25, -0.2) is 0 Å². The fraction of sp³-hybridized carbons (Fsp3) is 0.786. The molecule has 2 aliphatic rings. The van der Waals surface area contributed by atoms with Crippen LogP contribution in [0.3, 0.4) is 0 Å². The minimum atomic E-state index is -0.309. The zero-order valence-electron chi connectivity index (χ0n) is 13.4. The highest BCUT2D eigenvalue weighted by molar-refractivity contribution is 6.61. The van der Waals surface area contributed by atoms with Crippen molar-refractivity contribution in [2.24, 2.45) is 0 Å². The number of nitrogens with one attached hydrogen (secondary N) is 1. The normalized spacial score (nSPS) is 24.0. The highest BCUT2D eigenvalue weighted by Gasteiger charge is 2.52. The van der Waals surface area contributed by atoms with E-state index in [4.69, 9.17) is 9.31 Å². The highest BCUT2D eigenvalue weighted by Crippen LogP contribution is 2.36. The molecule has 0 aliphatic carbocycles. The molecule has 5 nitrogen and oxygen atoms in total. The molecule has 6 heteroatoms. The van der Waals surface area contributed by atoms with Gasteiger partial charge in [-0.05, 0) is 27.7 Å². The van der Waals surface area contributed by atoms with Gasteiger partial charge in [-0.3, -0.25) is 4.68 Å². The fourth-order valence-electron chi connectivity index (χ4n) is 2.11. The Bertz CT molecular complexity index is 439. The van der Waals surface area contributed by atoms with Crippen molar-refractivity contribution in [3.05, 3.63) is 12.4 Å². The second-order valence-electron chi connectivity index (χ2n) is 6.15. The largest absolute Gasteiger partial charge is 0.498 e. The van der Waals surface area contributed by atoms with Crippen LogP contribution < -0.4 is 10.8 Å². The topological polar surface area (TPSA) is 48.3 Å².